The first-order chi connectivity index (χ1) is 8.90. The molecule has 0 aliphatic rings. The Morgan fingerprint density at radius 3 is 2.83 bits per heavy atom. The van der Waals surface area contributed by atoms with Crippen LogP contribution in [-0.2, 0) is 6.54 Å². The fraction of sp³-hybridized carbons (Fsp3) is 0.0667. The van der Waals surface area contributed by atoms with E-state index in [2.05, 4.69) is 27.2 Å². The summed E-state index contributed by atoms with van der Waals surface area (Å²) in [6.07, 6.45) is 5.48. The van der Waals surface area contributed by atoms with E-state index in [-0.39, 0.29) is 0 Å². The van der Waals surface area contributed by atoms with Crippen molar-refractivity contribution in [3.05, 3.63) is 61.4 Å². The van der Waals surface area contributed by atoms with E-state index in [1.807, 2.05) is 42.6 Å². The molecule has 0 atom stereocenters. The van der Waals surface area contributed by atoms with E-state index in [1.165, 1.54) is 0 Å². The van der Waals surface area contributed by atoms with Gasteiger partial charge in [0.05, 0.1) is 11.0 Å². The van der Waals surface area contributed by atoms with Crippen molar-refractivity contribution in [2.24, 2.45) is 0 Å². The van der Waals surface area contributed by atoms with Crippen LogP contribution < -0.4 is 0 Å². The summed E-state index contributed by atoms with van der Waals surface area (Å²) in [4.78, 5) is 8.83. The molecule has 3 nitrogen and oxygen atoms in total. The van der Waals surface area contributed by atoms with E-state index in [1.54, 1.807) is 6.20 Å². The van der Waals surface area contributed by atoms with Crippen LogP contribution in [0.5, 0.6) is 0 Å². The van der Waals surface area contributed by atoms with Crippen LogP contribution in [0, 0.1) is 0 Å². The molecule has 0 N–H and O–H groups in total. The molecule has 0 unspecified atom stereocenters. The minimum atomic E-state index is 0.741. The number of rotatable bonds is 3. The number of pyridine rings is 1. The second-order valence-electron chi connectivity index (χ2n) is 4.07. The molecule has 88 valence electrons. The van der Waals surface area contributed by atoms with Crippen LogP contribution in [0.3, 0.4) is 0 Å². The molecule has 1 aromatic carbocycles. The standard InChI is InChI=1S/C15H13N3/c1-2-10-18-14-8-4-3-7-13(14)17-15(18)12-6-5-9-16-11-12/h2-9,11H,1,10H2. The van der Waals surface area contributed by atoms with Crippen LogP contribution in [0.25, 0.3) is 22.4 Å². The molecule has 0 spiro atoms. The molecule has 0 amide bonds. The fourth-order valence-electron chi connectivity index (χ4n) is 2.10. The maximum Gasteiger partial charge on any atom is 0.142 e. The number of fused-ring (bicyclic) bond motifs is 1. The summed E-state index contributed by atoms with van der Waals surface area (Å²) in [5.41, 5.74) is 3.14. The van der Waals surface area contributed by atoms with Crippen molar-refractivity contribution in [1.29, 1.82) is 0 Å². The number of benzene rings is 1. The number of hydrogen-bond donors (Lipinski definition) is 0. The molecule has 0 fully saturated rings. The second-order valence-corrected chi connectivity index (χ2v) is 4.07. The van der Waals surface area contributed by atoms with Crippen molar-refractivity contribution in [1.82, 2.24) is 14.5 Å². The number of para-hydroxylation sites is 2. The zero-order valence-corrected chi connectivity index (χ0v) is 9.95. The third-order valence-corrected chi connectivity index (χ3v) is 2.89. The van der Waals surface area contributed by atoms with Crippen molar-refractivity contribution < 1.29 is 0 Å². The van der Waals surface area contributed by atoms with Crippen LogP contribution >= 0.6 is 0 Å². The average molecular weight is 235 g/mol. The van der Waals surface area contributed by atoms with Crippen molar-refractivity contribution in [2.45, 2.75) is 6.54 Å². The van der Waals surface area contributed by atoms with Gasteiger partial charge in [-0.1, -0.05) is 18.2 Å². The van der Waals surface area contributed by atoms with E-state index in [9.17, 15) is 0 Å². The van der Waals surface area contributed by atoms with Crippen LogP contribution in [0.2, 0.25) is 0 Å². The molecule has 0 saturated heterocycles. The Hall–Kier alpha value is -2.42. The molecule has 3 rings (SSSR count). The van der Waals surface area contributed by atoms with E-state index in [4.69, 9.17) is 0 Å². The average Bonchev–Trinajstić information content (AvgIpc) is 2.80. The van der Waals surface area contributed by atoms with E-state index >= 15 is 0 Å². The number of aromatic nitrogens is 3. The zero-order chi connectivity index (χ0) is 12.4. The van der Waals surface area contributed by atoms with Gasteiger partial charge in [0.1, 0.15) is 5.82 Å². The summed E-state index contributed by atoms with van der Waals surface area (Å²) in [5, 5.41) is 0. The van der Waals surface area contributed by atoms with Crippen LogP contribution in [-0.4, -0.2) is 14.5 Å². The lowest BCUT2D eigenvalue weighted by molar-refractivity contribution is 0.861. The minimum absolute atomic E-state index is 0.741. The Morgan fingerprint density at radius 2 is 2.06 bits per heavy atom. The predicted molar refractivity (Wildman–Crippen MR) is 73.2 cm³/mol. The summed E-state index contributed by atoms with van der Waals surface area (Å²) in [5.74, 6) is 0.934. The Balaban J connectivity index is 2.28. The highest BCUT2D eigenvalue weighted by atomic mass is 15.1. The Morgan fingerprint density at radius 1 is 1.17 bits per heavy atom. The lowest BCUT2D eigenvalue weighted by Crippen LogP contribution is -1.98. The van der Waals surface area contributed by atoms with Crippen molar-refractivity contribution in [2.75, 3.05) is 0 Å². The van der Waals surface area contributed by atoms with Crippen LogP contribution in [0.15, 0.2) is 61.4 Å². The molecule has 0 bridgehead atoms. The lowest BCUT2D eigenvalue weighted by Gasteiger charge is -2.05. The number of hydrogen-bond acceptors (Lipinski definition) is 2. The van der Waals surface area contributed by atoms with Gasteiger partial charge in [0, 0.05) is 24.5 Å². The van der Waals surface area contributed by atoms with Crippen molar-refractivity contribution in [3.63, 3.8) is 0 Å². The van der Waals surface area contributed by atoms with Gasteiger partial charge in [0.15, 0.2) is 0 Å². The van der Waals surface area contributed by atoms with Gasteiger partial charge in [-0.15, -0.1) is 6.58 Å². The monoisotopic (exact) mass is 235 g/mol. The Bertz CT molecular complexity index is 683. The highest BCUT2D eigenvalue weighted by Gasteiger charge is 2.10. The zero-order valence-electron chi connectivity index (χ0n) is 9.95. The number of nitrogens with zero attached hydrogens (tertiary/aromatic N) is 3. The molecule has 18 heavy (non-hydrogen) atoms. The maximum atomic E-state index is 4.68. The molecule has 3 aromatic rings. The first-order valence-corrected chi connectivity index (χ1v) is 5.86. The quantitative estimate of drug-likeness (QED) is 0.652. The fourth-order valence-corrected chi connectivity index (χ4v) is 2.10. The third-order valence-electron chi connectivity index (χ3n) is 2.89. The van der Waals surface area contributed by atoms with E-state index < -0.39 is 0 Å². The lowest BCUT2D eigenvalue weighted by atomic mass is 10.2. The van der Waals surface area contributed by atoms with Crippen molar-refractivity contribution in [3.8, 4) is 11.4 Å². The number of imidazole rings is 1. The smallest absolute Gasteiger partial charge is 0.142 e. The van der Waals surface area contributed by atoms with Gasteiger partial charge >= 0.3 is 0 Å². The third kappa shape index (κ3) is 1.70. The maximum absolute atomic E-state index is 4.68. The molecular weight excluding hydrogens is 222 g/mol. The molecule has 0 aliphatic heterocycles. The first kappa shape index (κ1) is 10.7. The molecule has 0 saturated carbocycles. The van der Waals surface area contributed by atoms with Gasteiger partial charge in [0.25, 0.3) is 0 Å². The molecule has 2 aromatic heterocycles. The highest BCUT2D eigenvalue weighted by molar-refractivity contribution is 5.80. The molecule has 0 aliphatic carbocycles. The Kier molecular flexibility index (Phi) is 2.65. The van der Waals surface area contributed by atoms with Gasteiger partial charge in [0.2, 0.25) is 0 Å². The van der Waals surface area contributed by atoms with Gasteiger partial charge < -0.3 is 4.57 Å². The van der Waals surface area contributed by atoms with Crippen LogP contribution in [0.4, 0.5) is 0 Å². The summed E-state index contributed by atoms with van der Waals surface area (Å²) < 4.78 is 2.15. The van der Waals surface area contributed by atoms with Gasteiger partial charge in [-0.05, 0) is 24.3 Å². The van der Waals surface area contributed by atoms with Gasteiger partial charge in [-0.2, -0.15) is 0 Å². The summed E-state index contributed by atoms with van der Waals surface area (Å²) in [6, 6.07) is 12.1. The summed E-state index contributed by atoms with van der Waals surface area (Å²) in [6.45, 7) is 4.55. The topological polar surface area (TPSA) is 30.7 Å². The van der Waals surface area contributed by atoms with E-state index in [0.29, 0.717) is 0 Å². The van der Waals surface area contributed by atoms with Crippen molar-refractivity contribution >= 4 is 11.0 Å². The first-order valence-electron chi connectivity index (χ1n) is 5.86. The summed E-state index contributed by atoms with van der Waals surface area (Å²) >= 11 is 0. The SMILES string of the molecule is C=CCn1c(-c2cccnc2)nc2ccccc21. The molecule has 3 heteroatoms. The summed E-state index contributed by atoms with van der Waals surface area (Å²) in [7, 11) is 0. The van der Waals surface area contributed by atoms with Crippen LogP contribution in [0.1, 0.15) is 0 Å². The molecular formula is C15H13N3. The molecule has 2 heterocycles. The Labute approximate surface area is 105 Å². The van der Waals surface area contributed by atoms with E-state index in [0.717, 1.165) is 29.0 Å². The van der Waals surface area contributed by atoms with Gasteiger partial charge in [-0.3, -0.25) is 4.98 Å². The minimum Gasteiger partial charge on any atom is -0.320 e. The second kappa shape index (κ2) is 4.45. The normalized spacial score (nSPS) is 10.7. The predicted octanol–water partition coefficient (Wildman–Crippen LogP) is 3.28. The van der Waals surface area contributed by atoms with Gasteiger partial charge in [-0.25, -0.2) is 4.98 Å². The number of allylic oxidation sites excluding steroid dienone is 1. The highest BCUT2D eigenvalue weighted by Crippen LogP contribution is 2.23. The largest absolute Gasteiger partial charge is 0.320 e. The molecule has 0 radical (unpaired) electrons.